The molecule has 0 aromatic rings. The van der Waals surface area contributed by atoms with Gasteiger partial charge >= 0.3 is 6.09 Å². The van der Waals surface area contributed by atoms with Crippen molar-refractivity contribution < 1.29 is 28.9 Å². The van der Waals surface area contributed by atoms with Crippen molar-refractivity contribution in [3.8, 4) is 0 Å². The molecule has 1 aliphatic carbocycles. The molecule has 8 heteroatoms. The van der Waals surface area contributed by atoms with Crippen molar-refractivity contribution >= 4 is 12.0 Å². The van der Waals surface area contributed by atoms with Gasteiger partial charge in [-0.15, -0.1) is 0 Å². The third-order valence-electron chi connectivity index (χ3n) is 5.56. The number of carbonyl (C=O) groups is 2. The third kappa shape index (κ3) is 4.92. The predicted molar refractivity (Wildman–Crippen MR) is 97.3 cm³/mol. The minimum atomic E-state index is -0.638. The minimum absolute atomic E-state index is 0.0439. The molecule has 3 rings (SSSR count). The smallest absolute Gasteiger partial charge is 0.410 e. The molecule has 2 amide bonds. The van der Waals surface area contributed by atoms with Gasteiger partial charge in [-0.3, -0.25) is 4.79 Å². The van der Waals surface area contributed by atoms with Gasteiger partial charge in [-0.25, -0.2) is 4.79 Å². The molecular weight excluding hydrogens is 352 g/mol. The summed E-state index contributed by atoms with van der Waals surface area (Å²) in [5.41, 5.74) is -1.23. The van der Waals surface area contributed by atoms with E-state index in [0.717, 1.165) is 25.7 Å². The summed E-state index contributed by atoms with van der Waals surface area (Å²) in [4.78, 5) is 26.4. The van der Waals surface area contributed by atoms with E-state index in [1.54, 1.807) is 4.90 Å². The van der Waals surface area contributed by atoms with Crippen LogP contribution in [0.15, 0.2) is 0 Å². The molecule has 27 heavy (non-hydrogen) atoms. The van der Waals surface area contributed by atoms with Gasteiger partial charge in [0.1, 0.15) is 12.2 Å². The lowest BCUT2D eigenvalue weighted by Crippen LogP contribution is -2.65. The van der Waals surface area contributed by atoms with Crippen LogP contribution in [0.5, 0.6) is 0 Å². The van der Waals surface area contributed by atoms with Crippen molar-refractivity contribution in [1.29, 1.82) is 0 Å². The summed E-state index contributed by atoms with van der Waals surface area (Å²) >= 11 is 0. The van der Waals surface area contributed by atoms with E-state index < -0.39 is 17.2 Å². The molecule has 2 heterocycles. The van der Waals surface area contributed by atoms with Crippen molar-refractivity contribution in [3.05, 3.63) is 0 Å². The van der Waals surface area contributed by atoms with Crippen LogP contribution in [-0.4, -0.2) is 77.8 Å². The molecule has 8 nitrogen and oxygen atoms in total. The molecular formula is C19H32N2O6. The zero-order valence-electron chi connectivity index (χ0n) is 16.5. The normalized spacial score (nSPS) is 34.6. The second-order valence-electron chi connectivity index (χ2n) is 8.90. The number of carbonyl (C=O) groups excluding carboxylic acids is 2. The monoisotopic (exact) mass is 384 g/mol. The molecule has 0 radical (unpaired) electrons. The predicted octanol–water partition coefficient (Wildman–Crippen LogP) is 1.20. The maximum absolute atomic E-state index is 12.7. The van der Waals surface area contributed by atoms with Gasteiger partial charge in [0.05, 0.1) is 37.0 Å². The molecule has 2 atom stereocenters. The molecule has 1 saturated carbocycles. The first-order chi connectivity index (χ1) is 12.7. The molecule has 1 spiro atoms. The van der Waals surface area contributed by atoms with Gasteiger partial charge in [0.15, 0.2) is 0 Å². The fraction of sp³-hybridized carbons (Fsp3) is 0.895. The average Bonchev–Trinajstić information content (AvgIpc) is 2.90. The van der Waals surface area contributed by atoms with Crippen LogP contribution in [0.3, 0.4) is 0 Å². The lowest BCUT2D eigenvalue weighted by molar-refractivity contribution is -0.138. The highest BCUT2D eigenvalue weighted by atomic mass is 16.6. The second kappa shape index (κ2) is 7.93. The number of hydrogen-bond acceptors (Lipinski definition) is 6. The van der Waals surface area contributed by atoms with Gasteiger partial charge < -0.3 is 29.5 Å². The number of aliphatic hydroxyl groups excluding tert-OH is 1. The molecule has 3 aliphatic rings. The summed E-state index contributed by atoms with van der Waals surface area (Å²) in [6.45, 7) is 6.70. The Bertz CT molecular complexity index is 555. The Morgan fingerprint density at radius 3 is 2.67 bits per heavy atom. The molecule has 2 saturated heterocycles. The summed E-state index contributed by atoms with van der Waals surface area (Å²) in [5, 5.41) is 12.7. The third-order valence-corrected chi connectivity index (χ3v) is 5.56. The van der Waals surface area contributed by atoms with Crippen LogP contribution >= 0.6 is 0 Å². The maximum Gasteiger partial charge on any atom is 0.410 e. The lowest BCUT2D eigenvalue weighted by atomic mass is 9.90. The first-order valence-corrected chi connectivity index (χ1v) is 9.87. The number of ether oxygens (including phenoxy) is 3. The number of aliphatic hydroxyl groups is 1. The average molecular weight is 384 g/mol. The zero-order valence-corrected chi connectivity index (χ0v) is 16.5. The standard InChI is InChI=1S/C19H32N2O6/c1-18(2,3)27-17(24)21-9-8-19(12-25-11-16(23)20-19)15(21)10-26-14-6-4-13(22)5-7-14/h13-15,22H,4-12H2,1-3H3,(H,20,23). The number of rotatable bonds is 3. The zero-order chi connectivity index (χ0) is 19.7. The largest absolute Gasteiger partial charge is 0.444 e. The molecule has 0 aromatic carbocycles. The Kier molecular flexibility index (Phi) is 5.98. The molecule has 2 N–H and O–H groups in total. The fourth-order valence-corrected chi connectivity index (χ4v) is 4.16. The van der Waals surface area contributed by atoms with E-state index in [4.69, 9.17) is 14.2 Å². The van der Waals surface area contributed by atoms with Gasteiger partial charge in [-0.05, 0) is 52.9 Å². The van der Waals surface area contributed by atoms with E-state index in [2.05, 4.69) is 5.32 Å². The highest BCUT2D eigenvalue weighted by molar-refractivity contribution is 5.79. The van der Waals surface area contributed by atoms with Crippen molar-refractivity contribution in [2.75, 3.05) is 26.4 Å². The number of nitrogens with zero attached hydrogens (tertiary/aromatic N) is 1. The summed E-state index contributed by atoms with van der Waals surface area (Å²) in [6, 6.07) is -0.344. The van der Waals surface area contributed by atoms with Gasteiger partial charge in [0.25, 0.3) is 0 Å². The Hall–Kier alpha value is -1.38. The van der Waals surface area contributed by atoms with E-state index in [-0.39, 0.29) is 30.8 Å². The number of morpholine rings is 1. The molecule has 0 bridgehead atoms. The molecule has 2 aliphatic heterocycles. The van der Waals surface area contributed by atoms with Crippen LogP contribution in [0.1, 0.15) is 52.9 Å². The lowest BCUT2D eigenvalue weighted by Gasteiger charge is -2.41. The Labute approximate surface area is 160 Å². The van der Waals surface area contributed by atoms with E-state index in [0.29, 0.717) is 26.2 Å². The number of nitrogens with one attached hydrogen (secondary N) is 1. The van der Waals surface area contributed by atoms with Crippen molar-refractivity contribution in [2.45, 2.75) is 82.3 Å². The summed E-state index contributed by atoms with van der Waals surface area (Å²) in [7, 11) is 0. The van der Waals surface area contributed by atoms with E-state index in [1.165, 1.54) is 0 Å². The van der Waals surface area contributed by atoms with Crippen LogP contribution in [0, 0.1) is 0 Å². The molecule has 3 fully saturated rings. The van der Waals surface area contributed by atoms with Crippen LogP contribution in [0.25, 0.3) is 0 Å². The molecule has 154 valence electrons. The first-order valence-electron chi connectivity index (χ1n) is 9.87. The van der Waals surface area contributed by atoms with Crippen molar-refractivity contribution in [2.24, 2.45) is 0 Å². The fourth-order valence-electron chi connectivity index (χ4n) is 4.16. The van der Waals surface area contributed by atoms with Crippen molar-refractivity contribution in [1.82, 2.24) is 10.2 Å². The SMILES string of the molecule is CC(C)(C)OC(=O)N1CCC2(COCC(=O)N2)C1COC1CCC(O)CC1. The van der Waals surface area contributed by atoms with Crippen LogP contribution in [0.4, 0.5) is 4.79 Å². The minimum Gasteiger partial charge on any atom is -0.444 e. The van der Waals surface area contributed by atoms with Crippen LogP contribution < -0.4 is 5.32 Å². The van der Waals surface area contributed by atoms with Crippen LogP contribution in [-0.2, 0) is 19.0 Å². The number of amides is 2. The Morgan fingerprint density at radius 1 is 1.33 bits per heavy atom. The van der Waals surface area contributed by atoms with Gasteiger partial charge in [0.2, 0.25) is 5.91 Å². The van der Waals surface area contributed by atoms with E-state index in [1.807, 2.05) is 20.8 Å². The summed E-state index contributed by atoms with van der Waals surface area (Å²) in [5.74, 6) is -0.168. The van der Waals surface area contributed by atoms with Crippen molar-refractivity contribution in [3.63, 3.8) is 0 Å². The van der Waals surface area contributed by atoms with Crippen LogP contribution in [0.2, 0.25) is 0 Å². The highest BCUT2D eigenvalue weighted by Crippen LogP contribution is 2.33. The highest BCUT2D eigenvalue weighted by Gasteiger charge is 2.53. The van der Waals surface area contributed by atoms with E-state index in [9.17, 15) is 14.7 Å². The topological polar surface area (TPSA) is 97.3 Å². The maximum atomic E-state index is 12.7. The second-order valence-corrected chi connectivity index (χ2v) is 8.90. The number of hydrogen-bond donors (Lipinski definition) is 2. The van der Waals surface area contributed by atoms with Gasteiger partial charge in [-0.2, -0.15) is 0 Å². The molecule has 2 unspecified atom stereocenters. The number of likely N-dealkylation sites (tertiary alicyclic amines) is 1. The summed E-state index contributed by atoms with van der Waals surface area (Å²) in [6.07, 6.45) is 3.10. The summed E-state index contributed by atoms with van der Waals surface area (Å²) < 4.78 is 17.2. The van der Waals surface area contributed by atoms with E-state index >= 15 is 0 Å². The Morgan fingerprint density at radius 2 is 2.04 bits per heavy atom. The first kappa shape index (κ1) is 20.4. The van der Waals surface area contributed by atoms with Gasteiger partial charge in [-0.1, -0.05) is 0 Å². The quantitative estimate of drug-likeness (QED) is 0.759. The Balaban J connectivity index is 1.71. The molecule has 0 aromatic heterocycles. The van der Waals surface area contributed by atoms with Gasteiger partial charge in [0, 0.05) is 6.54 Å².